The summed E-state index contributed by atoms with van der Waals surface area (Å²) < 4.78 is 1.20. The first-order valence-electron chi connectivity index (χ1n) is 6.86. The predicted octanol–water partition coefficient (Wildman–Crippen LogP) is 3.73. The minimum absolute atomic E-state index is 0.279. The highest BCUT2D eigenvalue weighted by molar-refractivity contribution is 9.10. The van der Waals surface area contributed by atoms with Crippen molar-refractivity contribution in [1.82, 2.24) is 5.32 Å². The van der Waals surface area contributed by atoms with Crippen molar-refractivity contribution in [2.45, 2.75) is 39.2 Å². The van der Waals surface area contributed by atoms with Gasteiger partial charge >= 0.3 is 0 Å². The molecule has 0 aliphatic carbocycles. The van der Waals surface area contributed by atoms with Gasteiger partial charge in [0.05, 0.1) is 5.69 Å². The number of nitrogens with one attached hydrogen (secondary N) is 1. The van der Waals surface area contributed by atoms with Gasteiger partial charge in [0.15, 0.2) is 0 Å². The van der Waals surface area contributed by atoms with Crippen molar-refractivity contribution < 1.29 is 0 Å². The average molecular weight is 311 g/mol. The van der Waals surface area contributed by atoms with E-state index in [9.17, 15) is 0 Å². The molecule has 0 bridgehead atoms. The topological polar surface area (TPSA) is 15.3 Å². The molecule has 1 fully saturated rings. The van der Waals surface area contributed by atoms with Gasteiger partial charge in [-0.05, 0) is 53.4 Å². The van der Waals surface area contributed by atoms with E-state index < -0.39 is 0 Å². The summed E-state index contributed by atoms with van der Waals surface area (Å²) in [6.07, 6.45) is 2.37. The third kappa shape index (κ3) is 2.72. The van der Waals surface area contributed by atoms with Gasteiger partial charge in [0, 0.05) is 29.6 Å². The molecular weight excluding hydrogens is 288 g/mol. The molecule has 0 unspecified atom stereocenters. The highest BCUT2D eigenvalue weighted by Crippen LogP contribution is 2.31. The molecule has 1 heterocycles. The molecule has 18 heavy (non-hydrogen) atoms. The second-order valence-corrected chi connectivity index (χ2v) is 6.14. The Morgan fingerprint density at radius 1 is 1.33 bits per heavy atom. The van der Waals surface area contributed by atoms with Crippen LogP contribution in [0.3, 0.4) is 0 Å². The molecule has 0 atom stereocenters. The van der Waals surface area contributed by atoms with Crippen molar-refractivity contribution in [3.8, 4) is 0 Å². The number of hydrogen-bond acceptors (Lipinski definition) is 2. The number of aryl methyl sites for hydroxylation is 1. The largest absolute Gasteiger partial charge is 0.367 e. The molecule has 1 aliphatic heterocycles. The van der Waals surface area contributed by atoms with Gasteiger partial charge in [-0.15, -0.1) is 0 Å². The Hall–Kier alpha value is -0.540. The molecule has 1 N–H and O–H groups in total. The van der Waals surface area contributed by atoms with Crippen LogP contribution in [-0.4, -0.2) is 25.2 Å². The van der Waals surface area contributed by atoms with E-state index in [0.29, 0.717) is 0 Å². The monoisotopic (exact) mass is 310 g/mol. The summed E-state index contributed by atoms with van der Waals surface area (Å²) in [7, 11) is 0. The third-order valence-corrected chi connectivity index (χ3v) is 4.84. The van der Waals surface area contributed by atoms with Crippen LogP contribution in [0.15, 0.2) is 22.7 Å². The predicted molar refractivity (Wildman–Crippen MR) is 82.4 cm³/mol. The molecule has 2 nitrogen and oxygen atoms in total. The first-order valence-corrected chi connectivity index (χ1v) is 7.65. The standard InChI is InChI=1S/C15H23BrN2/c1-4-15(5-2)11-18(9-8-17-15)14-10-12(3)6-7-13(14)16/h6-7,10,17H,4-5,8-9,11H2,1-3H3. The first kappa shape index (κ1) is 13.9. The summed E-state index contributed by atoms with van der Waals surface area (Å²) in [5.41, 5.74) is 2.94. The van der Waals surface area contributed by atoms with Gasteiger partial charge in [0.25, 0.3) is 0 Å². The van der Waals surface area contributed by atoms with E-state index >= 15 is 0 Å². The maximum absolute atomic E-state index is 3.71. The zero-order valence-electron chi connectivity index (χ0n) is 11.6. The van der Waals surface area contributed by atoms with Crippen LogP contribution in [0.1, 0.15) is 32.3 Å². The zero-order chi connectivity index (χ0) is 13.2. The number of nitrogens with zero attached hydrogens (tertiary/aromatic N) is 1. The molecular formula is C15H23BrN2. The Labute approximate surface area is 119 Å². The van der Waals surface area contributed by atoms with E-state index in [4.69, 9.17) is 0 Å². The smallest absolute Gasteiger partial charge is 0.0514 e. The average Bonchev–Trinajstić information content (AvgIpc) is 2.41. The molecule has 1 aliphatic rings. The Morgan fingerprint density at radius 3 is 2.72 bits per heavy atom. The minimum atomic E-state index is 0.279. The normalized spacial score (nSPS) is 19.0. The maximum Gasteiger partial charge on any atom is 0.0514 e. The highest BCUT2D eigenvalue weighted by Gasteiger charge is 2.32. The van der Waals surface area contributed by atoms with E-state index in [1.807, 2.05) is 0 Å². The van der Waals surface area contributed by atoms with Crippen LogP contribution in [0, 0.1) is 6.92 Å². The summed E-state index contributed by atoms with van der Waals surface area (Å²) in [6, 6.07) is 6.60. The van der Waals surface area contributed by atoms with Crippen LogP contribution in [0.2, 0.25) is 0 Å². The van der Waals surface area contributed by atoms with Crippen LogP contribution < -0.4 is 10.2 Å². The van der Waals surface area contributed by atoms with Gasteiger partial charge in [0.2, 0.25) is 0 Å². The molecule has 0 radical (unpaired) electrons. The fraction of sp³-hybridized carbons (Fsp3) is 0.600. The van der Waals surface area contributed by atoms with Crippen LogP contribution in [0.4, 0.5) is 5.69 Å². The van der Waals surface area contributed by atoms with E-state index in [1.54, 1.807) is 0 Å². The van der Waals surface area contributed by atoms with Gasteiger partial charge in [-0.25, -0.2) is 0 Å². The summed E-state index contributed by atoms with van der Waals surface area (Å²) in [6.45, 7) is 9.98. The molecule has 0 spiro atoms. The van der Waals surface area contributed by atoms with Crippen LogP contribution in [-0.2, 0) is 0 Å². The number of halogens is 1. The fourth-order valence-electron chi connectivity index (χ4n) is 2.75. The van der Waals surface area contributed by atoms with Crippen molar-refractivity contribution in [1.29, 1.82) is 0 Å². The molecule has 0 saturated carbocycles. The summed E-state index contributed by atoms with van der Waals surface area (Å²) in [5, 5.41) is 3.71. The van der Waals surface area contributed by atoms with Gasteiger partial charge in [-0.1, -0.05) is 19.9 Å². The first-order chi connectivity index (χ1) is 8.60. The second-order valence-electron chi connectivity index (χ2n) is 5.29. The van der Waals surface area contributed by atoms with Crippen molar-refractivity contribution in [2.75, 3.05) is 24.5 Å². The van der Waals surface area contributed by atoms with Crippen LogP contribution >= 0.6 is 15.9 Å². The van der Waals surface area contributed by atoms with E-state index in [1.165, 1.54) is 28.6 Å². The molecule has 1 aromatic rings. The van der Waals surface area contributed by atoms with Crippen LogP contribution in [0.5, 0.6) is 0 Å². The van der Waals surface area contributed by atoms with Gasteiger partial charge < -0.3 is 10.2 Å². The van der Waals surface area contributed by atoms with Gasteiger partial charge in [-0.3, -0.25) is 0 Å². The molecule has 1 aromatic carbocycles. The molecule has 100 valence electrons. The van der Waals surface area contributed by atoms with E-state index in [0.717, 1.165) is 19.6 Å². The maximum atomic E-state index is 3.71. The quantitative estimate of drug-likeness (QED) is 0.915. The van der Waals surface area contributed by atoms with Crippen molar-refractivity contribution in [3.05, 3.63) is 28.2 Å². The van der Waals surface area contributed by atoms with Gasteiger partial charge in [-0.2, -0.15) is 0 Å². The van der Waals surface area contributed by atoms with E-state index in [-0.39, 0.29) is 5.54 Å². The molecule has 0 aromatic heterocycles. The van der Waals surface area contributed by atoms with Crippen molar-refractivity contribution in [3.63, 3.8) is 0 Å². The zero-order valence-corrected chi connectivity index (χ0v) is 13.2. The van der Waals surface area contributed by atoms with E-state index in [2.05, 4.69) is 65.1 Å². The van der Waals surface area contributed by atoms with Crippen LogP contribution in [0.25, 0.3) is 0 Å². The number of benzene rings is 1. The number of anilines is 1. The molecule has 1 saturated heterocycles. The fourth-order valence-corrected chi connectivity index (χ4v) is 3.25. The summed E-state index contributed by atoms with van der Waals surface area (Å²) in [5.74, 6) is 0. The summed E-state index contributed by atoms with van der Waals surface area (Å²) in [4.78, 5) is 2.51. The van der Waals surface area contributed by atoms with Crippen molar-refractivity contribution in [2.24, 2.45) is 0 Å². The second kappa shape index (κ2) is 5.62. The number of hydrogen-bond donors (Lipinski definition) is 1. The number of rotatable bonds is 3. The summed E-state index contributed by atoms with van der Waals surface area (Å²) >= 11 is 3.69. The molecule has 0 amide bonds. The molecule has 2 rings (SSSR count). The lowest BCUT2D eigenvalue weighted by Crippen LogP contribution is -2.60. The Balaban J connectivity index is 2.25. The minimum Gasteiger partial charge on any atom is -0.367 e. The Bertz CT molecular complexity index is 413. The Morgan fingerprint density at radius 2 is 2.06 bits per heavy atom. The number of piperazine rings is 1. The van der Waals surface area contributed by atoms with Gasteiger partial charge in [0.1, 0.15) is 0 Å². The van der Waals surface area contributed by atoms with Crippen molar-refractivity contribution >= 4 is 21.6 Å². The highest BCUT2D eigenvalue weighted by atomic mass is 79.9. The Kier molecular flexibility index (Phi) is 4.33. The SMILES string of the molecule is CCC1(CC)CN(c2cc(C)ccc2Br)CCN1. The molecule has 3 heteroatoms. The third-order valence-electron chi connectivity index (χ3n) is 4.17. The lowest BCUT2D eigenvalue weighted by Gasteiger charge is -2.44. The lowest BCUT2D eigenvalue weighted by molar-refractivity contribution is 0.277. The lowest BCUT2D eigenvalue weighted by atomic mass is 9.90.